The summed E-state index contributed by atoms with van der Waals surface area (Å²) in [6.07, 6.45) is -1.23. The Balaban J connectivity index is 2.46. The van der Waals surface area contributed by atoms with Gasteiger partial charge in [0.2, 0.25) is 0 Å². The summed E-state index contributed by atoms with van der Waals surface area (Å²) in [5.41, 5.74) is 0. The lowest BCUT2D eigenvalue weighted by Crippen LogP contribution is -2.36. The highest BCUT2D eigenvalue weighted by Gasteiger charge is 2.39. The summed E-state index contributed by atoms with van der Waals surface area (Å²) in [5, 5.41) is 2.19. The molecular weight excluding hydrogens is 131 g/mol. The van der Waals surface area contributed by atoms with Crippen molar-refractivity contribution in [3.8, 4) is 0 Å². The molecule has 1 aliphatic rings. The molecule has 0 amide bonds. The number of halogens is 3. The number of alkyl halides is 3. The molecule has 1 rings (SSSR count). The zero-order chi connectivity index (χ0) is 6.91. The minimum atomic E-state index is -4.09. The molecule has 1 nitrogen and oxygen atoms in total. The van der Waals surface area contributed by atoms with Gasteiger partial charge in [0.25, 0.3) is 0 Å². The van der Waals surface area contributed by atoms with Crippen LogP contribution >= 0.6 is 0 Å². The molecule has 1 heterocycles. The Hall–Kier alpha value is -0.670. The third-order valence-electron chi connectivity index (χ3n) is 1.18. The molecule has 0 spiro atoms. The molecule has 1 atom stereocenters. The molecule has 0 radical (unpaired) electrons. The van der Waals surface area contributed by atoms with Crippen molar-refractivity contribution in [2.75, 3.05) is 0 Å². The van der Waals surface area contributed by atoms with Gasteiger partial charge in [0.15, 0.2) is 0 Å². The molecule has 0 aromatic carbocycles. The van der Waals surface area contributed by atoms with Crippen LogP contribution in [0.25, 0.3) is 0 Å². The number of hydrogen-bond donors (Lipinski definition) is 1. The highest BCUT2D eigenvalue weighted by molar-refractivity contribution is 4.97. The first-order chi connectivity index (χ1) is 4.11. The normalized spacial score (nSPS) is 26.3. The first-order valence-corrected chi connectivity index (χ1v) is 2.58. The topological polar surface area (TPSA) is 12.0 Å². The zero-order valence-electron chi connectivity index (χ0n) is 4.57. The van der Waals surface area contributed by atoms with Gasteiger partial charge in [-0.3, -0.25) is 0 Å². The SMILES string of the molecule is FC(F)(F)C1CC=CN1. The van der Waals surface area contributed by atoms with Gasteiger partial charge < -0.3 is 5.32 Å². The van der Waals surface area contributed by atoms with Gasteiger partial charge in [0.05, 0.1) is 0 Å². The van der Waals surface area contributed by atoms with Gasteiger partial charge in [0, 0.05) is 0 Å². The maximum Gasteiger partial charge on any atom is 0.408 e. The van der Waals surface area contributed by atoms with Gasteiger partial charge in [-0.2, -0.15) is 13.2 Å². The second-order valence-electron chi connectivity index (χ2n) is 1.90. The second-order valence-corrected chi connectivity index (χ2v) is 1.90. The van der Waals surface area contributed by atoms with Crippen molar-refractivity contribution in [1.29, 1.82) is 0 Å². The predicted molar refractivity (Wildman–Crippen MR) is 26.7 cm³/mol. The van der Waals surface area contributed by atoms with E-state index in [4.69, 9.17) is 0 Å². The zero-order valence-corrected chi connectivity index (χ0v) is 4.57. The van der Waals surface area contributed by atoms with Crippen LogP contribution in [0.5, 0.6) is 0 Å². The largest absolute Gasteiger partial charge is 0.408 e. The first-order valence-electron chi connectivity index (χ1n) is 2.58. The van der Waals surface area contributed by atoms with Gasteiger partial charge in [-0.1, -0.05) is 6.08 Å². The lowest BCUT2D eigenvalue weighted by molar-refractivity contribution is -0.150. The van der Waals surface area contributed by atoms with E-state index in [0.29, 0.717) is 0 Å². The monoisotopic (exact) mass is 137 g/mol. The fourth-order valence-corrected chi connectivity index (χ4v) is 0.684. The molecule has 1 aliphatic heterocycles. The molecule has 0 saturated carbocycles. The molecular formula is C5H6F3N. The van der Waals surface area contributed by atoms with Gasteiger partial charge in [-0.05, 0) is 12.6 Å². The van der Waals surface area contributed by atoms with Crippen molar-refractivity contribution >= 4 is 0 Å². The van der Waals surface area contributed by atoms with E-state index in [9.17, 15) is 13.2 Å². The third kappa shape index (κ3) is 1.37. The van der Waals surface area contributed by atoms with E-state index in [-0.39, 0.29) is 6.42 Å². The second kappa shape index (κ2) is 1.93. The summed E-state index contributed by atoms with van der Waals surface area (Å²) in [7, 11) is 0. The quantitative estimate of drug-likeness (QED) is 0.532. The summed E-state index contributed by atoms with van der Waals surface area (Å²) in [4.78, 5) is 0. The minimum absolute atomic E-state index is 0.0590. The fraction of sp³-hybridized carbons (Fsp3) is 0.600. The van der Waals surface area contributed by atoms with Crippen LogP contribution in [0.15, 0.2) is 12.3 Å². The summed E-state index contributed by atoms with van der Waals surface area (Å²) in [5.74, 6) is 0. The Labute approximate surface area is 50.6 Å². The highest BCUT2D eigenvalue weighted by Crippen LogP contribution is 2.24. The fourth-order valence-electron chi connectivity index (χ4n) is 0.684. The van der Waals surface area contributed by atoms with Crippen LogP contribution in [-0.4, -0.2) is 12.2 Å². The molecule has 0 aromatic heterocycles. The smallest absolute Gasteiger partial charge is 0.380 e. The van der Waals surface area contributed by atoms with Crippen molar-refractivity contribution in [2.45, 2.75) is 18.6 Å². The lowest BCUT2D eigenvalue weighted by Gasteiger charge is -2.13. The Morgan fingerprint density at radius 2 is 2.11 bits per heavy atom. The van der Waals surface area contributed by atoms with Crippen molar-refractivity contribution in [3.05, 3.63) is 12.3 Å². The summed E-state index contributed by atoms with van der Waals surface area (Å²) in [6.45, 7) is 0. The molecule has 0 bridgehead atoms. The molecule has 1 N–H and O–H groups in total. The van der Waals surface area contributed by atoms with Gasteiger partial charge in [-0.15, -0.1) is 0 Å². The Kier molecular flexibility index (Phi) is 1.38. The highest BCUT2D eigenvalue weighted by atomic mass is 19.4. The van der Waals surface area contributed by atoms with E-state index in [1.807, 2.05) is 0 Å². The average molecular weight is 137 g/mol. The van der Waals surface area contributed by atoms with Crippen LogP contribution in [-0.2, 0) is 0 Å². The number of nitrogens with one attached hydrogen (secondary N) is 1. The Morgan fingerprint density at radius 1 is 1.44 bits per heavy atom. The molecule has 9 heavy (non-hydrogen) atoms. The Bertz CT molecular complexity index is 119. The first kappa shape index (κ1) is 6.45. The van der Waals surface area contributed by atoms with Crippen molar-refractivity contribution in [3.63, 3.8) is 0 Å². The van der Waals surface area contributed by atoms with Gasteiger partial charge in [-0.25, -0.2) is 0 Å². The summed E-state index contributed by atoms with van der Waals surface area (Å²) < 4.78 is 35.0. The minimum Gasteiger partial charge on any atom is -0.380 e. The van der Waals surface area contributed by atoms with Gasteiger partial charge in [0.1, 0.15) is 6.04 Å². The van der Waals surface area contributed by atoms with Crippen molar-refractivity contribution in [1.82, 2.24) is 5.32 Å². The van der Waals surface area contributed by atoms with E-state index < -0.39 is 12.2 Å². The summed E-state index contributed by atoms with van der Waals surface area (Å²) in [6, 6.07) is -1.35. The molecule has 0 aromatic rings. The number of rotatable bonds is 0. The van der Waals surface area contributed by atoms with E-state index >= 15 is 0 Å². The van der Waals surface area contributed by atoms with E-state index in [2.05, 4.69) is 5.32 Å². The van der Waals surface area contributed by atoms with Gasteiger partial charge >= 0.3 is 6.18 Å². The molecule has 0 saturated heterocycles. The van der Waals surface area contributed by atoms with Crippen LogP contribution in [0.3, 0.4) is 0 Å². The van der Waals surface area contributed by atoms with Crippen molar-refractivity contribution < 1.29 is 13.2 Å². The maximum atomic E-state index is 11.7. The maximum absolute atomic E-state index is 11.7. The molecule has 0 fully saturated rings. The average Bonchev–Trinajstić information content (AvgIpc) is 2.08. The van der Waals surface area contributed by atoms with E-state index in [1.165, 1.54) is 12.3 Å². The molecule has 0 aliphatic carbocycles. The predicted octanol–water partition coefficient (Wildman–Crippen LogP) is 1.42. The van der Waals surface area contributed by atoms with Crippen molar-refractivity contribution in [2.24, 2.45) is 0 Å². The molecule has 52 valence electrons. The lowest BCUT2D eigenvalue weighted by atomic mass is 10.2. The van der Waals surface area contributed by atoms with E-state index in [0.717, 1.165) is 0 Å². The van der Waals surface area contributed by atoms with Crippen LogP contribution in [0.2, 0.25) is 0 Å². The number of hydrogen-bond acceptors (Lipinski definition) is 1. The summed E-state index contributed by atoms with van der Waals surface area (Å²) >= 11 is 0. The standard InChI is InChI=1S/C5H6F3N/c6-5(7,8)4-2-1-3-9-4/h1,3-4,9H,2H2. The third-order valence-corrected chi connectivity index (χ3v) is 1.18. The van der Waals surface area contributed by atoms with Crippen LogP contribution < -0.4 is 5.32 Å². The Morgan fingerprint density at radius 3 is 2.33 bits per heavy atom. The van der Waals surface area contributed by atoms with E-state index in [1.54, 1.807) is 0 Å². The van der Waals surface area contributed by atoms with Crippen LogP contribution in [0.1, 0.15) is 6.42 Å². The molecule has 4 heteroatoms. The molecule has 1 unspecified atom stereocenters. The van der Waals surface area contributed by atoms with Crippen LogP contribution in [0, 0.1) is 0 Å². The van der Waals surface area contributed by atoms with Crippen LogP contribution in [0.4, 0.5) is 13.2 Å².